The summed E-state index contributed by atoms with van der Waals surface area (Å²) in [6.07, 6.45) is 5.86. The molecule has 1 nitrogen and oxygen atoms in total. The highest BCUT2D eigenvalue weighted by atomic mass is 15.1. The van der Waals surface area contributed by atoms with Crippen molar-refractivity contribution in [2.24, 2.45) is 0 Å². The van der Waals surface area contributed by atoms with Crippen LogP contribution >= 0.6 is 0 Å². The van der Waals surface area contributed by atoms with Gasteiger partial charge in [-0.15, -0.1) is 0 Å². The zero-order chi connectivity index (χ0) is 6.53. The van der Waals surface area contributed by atoms with Gasteiger partial charge in [-0.3, -0.25) is 4.90 Å². The molecule has 0 unspecified atom stereocenters. The number of nitrogens with zero attached hydrogens (tertiary/aromatic N) is 1. The Bertz CT molecular complexity index is 82.6. The second-order valence-corrected chi connectivity index (χ2v) is 2.60. The van der Waals surface area contributed by atoms with Crippen LogP contribution in [0.2, 0.25) is 0 Å². The summed E-state index contributed by atoms with van der Waals surface area (Å²) in [5, 5.41) is 0. The molecule has 0 N–H and O–H groups in total. The van der Waals surface area contributed by atoms with Crippen molar-refractivity contribution in [1.29, 1.82) is 0 Å². The zero-order valence-corrected chi connectivity index (χ0v) is 5.84. The fourth-order valence-corrected chi connectivity index (χ4v) is 1.29. The topological polar surface area (TPSA) is 3.24 Å². The number of likely N-dealkylation sites (tertiary alicyclic amines) is 1. The third-order valence-electron chi connectivity index (χ3n) is 1.81. The van der Waals surface area contributed by atoms with E-state index >= 15 is 0 Å². The van der Waals surface area contributed by atoms with Gasteiger partial charge in [0.05, 0.1) is 0 Å². The average molecular weight is 124 g/mol. The van der Waals surface area contributed by atoms with Crippen LogP contribution in [0.5, 0.6) is 0 Å². The van der Waals surface area contributed by atoms with E-state index in [2.05, 4.69) is 4.90 Å². The molecular formula is C8H14N. The van der Waals surface area contributed by atoms with Crippen LogP contribution in [0.25, 0.3) is 0 Å². The Labute approximate surface area is 57.4 Å². The van der Waals surface area contributed by atoms with Crippen molar-refractivity contribution < 1.29 is 0 Å². The predicted molar refractivity (Wildman–Crippen MR) is 39.2 cm³/mol. The highest BCUT2D eigenvalue weighted by Crippen LogP contribution is 2.07. The molecule has 0 aliphatic carbocycles. The third-order valence-corrected chi connectivity index (χ3v) is 1.81. The largest absolute Gasteiger partial charge is 0.300 e. The molecule has 1 heteroatoms. The summed E-state index contributed by atoms with van der Waals surface area (Å²) in [6.45, 7) is 8.75. The number of hydrogen-bond acceptors (Lipinski definition) is 1. The molecule has 1 radical (unpaired) electrons. The van der Waals surface area contributed by atoms with Crippen LogP contribution in [0, 0.1) is 6.58 Å². The summed E-state index contributed by atoms with van der Waals surface area (Å²) < 4.78 is 0. The van der Waals surface area contributed by atoms with Crippen LogP contribution in [0.1, 0.15) is 19.3 Å². The molecule has 1 fully saturated rings. The molecule has 0 aromatic rings. The maximum absolute atomic E-state index is 5.29. The first kappa shape index (κ1) is 6.81. The summed E-state index contributed by atoms with van der Waals surface area (Å²) >= 11 is 0. The van der Waals surface area contributed by atoms with E-state index < -0.39 is 0 Å². The SMILES string of the molecule is [CH]=CCN1CCCCC1. The number of piperidine rings is 1. The molecule has 0 aromatic carbocycles. The Balaban J connectivity index is 2.15. The Morgan fingerprint density at radius 3 is 2.44 bits per heavy atom. The minimum absolute atomic E-state index is 0.972. The molecule has 9 heavy (non-hydrogen) atoms. The van der Waals surface area contributed by atoms with Gasteiger partial charge in [0.15, 0.2) is 0 Å². The molecule has 0 spiro atoms. The lowest BCUT2D eigenvalue weighted by Crippen LogP contribution is -2.29. The van der Waals surface area contributed by atoms with E-state index in [1.165, 1.54) is 32.4 Å². The van der Waals surface area contributed by atoms with E-state index in [0.717, 1.165) is 6.54 Å². The summed E-state index contributed by atoms with van der Waals surface area (Å²) in [4.78, 5) is 2.39. The van der Waals surface area contributed by atoms with Crippen LogP contribution in [0.15, 0.2) is 6.08 Å². The molecule has 0 saturated carbocycles. The molecule has 0 aromatic heterocycles. The number of hydrogen-bond donors (Lipinski definition) is 0. The predicted octanol–water partition coefficient (Wildman–Crippen LogP) is 1.46. The highest BCUT2D eigenvalue weighted by molar-refractivity contribution is 4.73. The second kappa shape index (κ2) is 3.67. The van der Waals surface area contributed by atoms with Crippen molar-refractivity contribution in [2.45, 2.75) is 19.3 Å². The van der Waals surface area contributed by atoms with Gasteiger partial charge >= 0.3 is 0 Å². The van der Waals surface area contributed by atoms with E-state index in [0.29, 0.717) is 0 Å². The smallest absolute Gasteiger partial charge is 0.0166 e. The summed E-state index contributed by atoms with van der Waals surface area (Å²) in [5.74, 6) is 0. The van der Waals surface area contributed by atoms with E-state index in [1.807, 2.05) is 0 Å². The van der Waals surface area contributed by atoms with Gasteiger partial charge in [-0.2, -0.15) is 0 Å². The monoisotopic (exact) mass is 124 g/mol. The normalized spacial score (nSPS) is 21.8. The standard InChI is InChI=1S/C8H14N/c1-2-6-9-7-4-3-5-8-9/h1-2H,3-8H2. The third kappa shape index (κ3) is 2.19. The maximum Gasteiger partial charge on any atom is 0.0166 e. The van der Waals surface area contributed by atoms with Crippen molar-refractivity contribution in [3.8, 4) is 0 Å². The minimum Gasteiger partial charge on any atom is -0.300 e. The average Bonchev–Trinajstić information content (AvgIpc) is 1.91. The fraction of sp³-hybridized carbons (Fsp3) is 0.750. The molecule has 1 aliphatic rings. The lowest BCUT2D eigenvalue weighted by Gasteiger charge is -2.24. The van der Waals surface area contributed by atoms with E-state index in [4.69, 9.17) is 6.58 Å². The lowest BCUT2D eigenvalue weighted by atomic mass is 10.1. The van der Waals surface area contributed by atoms with Crippen molar-refractivity contribution in [3.05, 3.63) is 12.7 Å². The quantitative estimate of drug-likeness (QED) is 0.538. The zero-order valence-electron chi connectivity index (χ0n) is 5.84. The molecule has 0 atom stereocenters. The first-order valence-electron chi connectivity index (χ1n) is 3.69. The Hall–Kier alpha value is -0.300. The van der Waals surface area contributed by atoms with E-state index in [-0.39, 0.29) is 0 Å². The fourth-order valence-electron chi connectivity index (χ4n) is 1.29. The molecule has 51 valence electrons. The lowest BCUT2D eigenvalue weighted by molar-refractivity contribution is 0.251. The van der Waals surface area contributed by atoms with Crippen molar-refractivity contribution in [1.82, 2.24) is 4.90 Å². The van der Waals surface area contributed by atoms with Crippen LogP contribution in [0.4, 0.5) is 0 Å². The van der Waals surface area contributed by atoms with Crippen molar-refractivity contribution in [2.75, 3.05) is 19.6 Å². The molecular weight excluding hydrogens is 110 g/mol. The van der Waals surface area contributed by atoms with Gasteiger partial charge < -0.3 is 0 Å². The summed E-state index contributed by atoms with van der Waals surface area (Å²) in [7, 11) is 0. The van der Waals surface area contributed by atoms with Gasteiger partial charge in [-0.05, 0) is 25.9 Å². The van der Waals surface area contributed by atoms with E-state index in [1.54, 1.807) is 6.08 Å². The molecule has 1 saturated heterocycles. The molecule has 1 aliphatic heterocycles. The molecule has 1 heterocycles. The van der Waals surface area contributed by atoms with Crippen LogP contribution in [-0.2, 0) is 0 Å². The van der Waals surface area contributed by atoms with Crippen LogP contribution < -0.4 is 0 Å². The van der Waals surface area contributed by atoms with Gasteiger partial charge in [0.25, 0.3) is 0 Å². The Morgan fingerprint density at radius 1 is 1.22 bits per heavy atom. The Kier molecular flexibility index (Phi) is 2.78. The molecule has 0 bridgehead atoms. The number of rotatable bonds is 2. The van der Waals surface area contributed by atoms with E-state index in [9.17, 15) is 0 Å². The summed E-state index contributed by atoms with van der Waals surface area (Å²) in [5.41, 5.74) is 0. The van der Waals surface area contributed by atoms with Crippen molar-refractivity contribution in [3.63, 3.8) is 0 Å². The van der Waals surface area contributed by atoms with Crippen LogP contribution in [-0.4, -0.2) is 24.5 Å². The molecule has 0 amide bonds. The van der Waals surface area contributed by atoms with Gasteiger partial charge in [-0.1, -0.05) is 19.1 Å². The van der Waals surface area contributed by atoms with Crippen LogP contribution in [0.3, 0.4) is 0 Å². The minimum atomic E-state index is 0.972. The first-order chi connectivity index (χ1) is 4.43. The van der Waals surface area contributed by atoms with Gasteiger partial charge in [0.1, 0.15) is 0 Å². The van der Waals surface area contributed by atoms with Crippen molar-refractivity contribution >= 4 is 0 Å². The van der Waals surface area contributed by atoms with Gasteiger partial charge in [0, 0.05) is 6.54 Å². The second-order valence-electron chi connectivity index (χ2n) is 2.60. The Morgan fingerprint density at radius 2 is 1.89 bits per heavy atom. The first-order valence-corrected chi connectivity index (χ1v) is 3.69. The summed E-state index contributed by atoms with van der Waals surface area (Å²) in [6, 6.07) is 0. The van der Waals surface area contributed by atoms with Gasteiger partial charge in [0.2, 0.25) is 0 Å². The maximum atomic E-state index is 5.29. The highest BCUT2D eigenvalue weighted by Gasteiger charge is 2.06. The van der Waals surface area contributed by atoms with Gasteiger partial charge in [-0.25, -0.2) is 0 Å². The molecule has 1 rings (SSSR count).